The summed E-state index contributed by atoms with van der Waals surface area (Å²) in [6, 6.07) is 1.54. The number of aromatic nitrogens is 2. The summed E-state index contributed by atoms with van der Waals surface area (Å²) in [5.41, 5.74) is -0.981. The molecule has 0 atom stereocenters. The van der Waals surface area contributed by atoms with Gasteiger partial charge in [0.2, 0.25) is 0 Å². The largest absolute Gasteiger partial charge is 0.436 e. The fourth-order valence-electron chi connectivity index (χ4n) is 1.30. The van der Waals surface area contributed by atoms with Gasteiger partial charge in [0, 0.05) is 11.1 Å². The van der Waals surface area contributed by atoms with Gasteiger partial charge in [-0.2, -0.15) is 18.4 Å². The van der Waals surface area contributed by atoms with Crippen LogP contribution in [0.5, 0.6) is 0 Å². The maximum atomic E-state index is 12.5. The minimum absolute atomic E-state index is 0.191. The summed E-state index contributed by atoms with van der Waals surface area (Å²) in [7, 11) is 0. The molecule has 0 aliphatic heterocycles. The van der Waals surface area contributed by atoms with Gasteiger partial charge in [-0.15, -0.1) is 11.3 Å². The van der Waals surface area contributed by atoms with E-state index in [0.717, 1.165) is 11.3 Å². The number of hydrogen-bond acceptors (Lipinski definition) is 3. The van der Waals surface area contributed by atoms with Crippen LogP contribution in [0.2, 0.25) is 0 Å². The SMILES string of the molecule is Cc1csc2nc(C(F)(F)F)c(C#N)n12. The predicted octanol–water partition coefficient (Wildman–Crippen LogP) is 2.59. The molecule has 0 fully saturated rings. The Labute approximate surface area is 86.4 Å². The fourth-order valence-corrected chi connectivity index (χ4v) is 2.16. The summed E-state index contributed by atoms with van der Waals surface area (Å²) >= 11 is 1.08. The number of imidazole rings is 1. The lowest BCUT2D eigenvalue weighted by Crippen LogP contribution is -2.08. The molecule has 2 aromatic rings. The molecule has 2 heterocycles. The van der Waals surface area contributed by atoms with E-state index in [1.165, 1.54) is 10.5 Å². The lowest BCUT2D eigenvalue weighted by Gasteiger charge is -2.01. The van der Waals surface area contributed by atoms with Crippen LogP contribution in [0.1, 0.15) is 17.1 Å². The van der Waals surface area contributed by atoms with Crippen molar-refractivity contribution in [3.05, 3.63) is 22.5 Å². The van der Waals surface area contributed by atoms with Crippen molar-refractivity contribution in [1.29, 1.82) is 5.26 Å². The van der Waals surface area contributed by atoms with Crippen molar-refractivity contribution in [1.82, 2.24) is 9.38 Å². The second-order valence-corrected chi connectivity index (χ2v) is 3.75. The van der Waals surface area contributed by atoms with Crippen LogP contribution in [0, 0.1) is 18.3 Å². The van der Waals surface area contributed by atoms with Gasteiger partial charge in [0.15, 0.2) is 16.3 Å². The Morgan fingerprint density at radius 2 is 2.20 bits per heavy atom. The molecule has 0 bridgehead atoms. The Morgan fingerprint density at radius 1 is 1.53 bits per heavy atom. The highest BCUT2D eigenvalue weighted by atomic mass is 32.1. The maximum Gasteiger partial charge on any atom is 0.436 e. The highest BCUT2D eigenvalue weighted by Gasteiger charge is 2.38. The second-order valence-electron chi connectivity index (χ2n) is 2.91. The van der Waals surface area contributed by atoms with E-state index < -0.39 is 17.6 Å². The maximum absolute atomic E-state index is 12.5. The van der Waals surface area contributed by atoms with Crippen molar-refractivity contribution in [2.75, 3.05) is 0 Å². The van der Waals surface area contributed by atoms with Crippen molar-refractivity contribution in [3.63, 3.8) is 0 Å². The lowest BCUT2D eigenvalue weighted by atomic mass is 10.3. The van der Waals surface area contributed by atoms with Crippen LogP contribution >= 0.6 is 11.3 Å². The van der Waals surface area contributed by atoms with Crippen molar-refractivity contribution in [3.8, 4) is 6.07 Å². The van der Waals surface area contributed by atoms with Gasteiger partial charge in [-0.3, -0.25) is 4.40 Å². The molecule has 0 amide bonds. The van der Waals surface area contributed by atoms with Gasteiger partial charge in [0.1, 0.15) is 6.07 Å². The number of alkyl halides is 3. The number of aryl methyl sites for hydroxylation is 1. The summed E-state index contributed by atoms with van der Waals surface area (Å²) in [6.07, 6.45) is -4.58. The smallest absolute Gasteiger partial charge is 0.278 e. The Balaban J connectivity index is 2.84. The van der Waals surface area contributed by atoms with Gasteiger partial charge < -0.3 is 0 Å². The number of rotatable bonds is 0. The van der Waals surface area contributed by atoms with Crippen LogP contribution in [0.15, 0.2) is 5.38 Å². The number of thiazole rings is 1. The van der Waals surface area contributed by atoms with Crippen molar-refractivity contribution >= 4 is 16.3 Å². The van der Waals surface area contributed by atoms with E-state index in [1.54, 1.807) is 12.3 Å². The molecule has 0 aliphatic rings. The monoisotopic (exact) mass is 231 g/mol. The van der Waals surface area contributed by atoms with Gasteiger partial charge in [0.05, 0.1) is 0 Å². The van der Waals surface area contributed by atoms with Crippen molar-refractivity contribution in [2.45, 2.75) is 13.1 Å². The Morgan fingerprint density at radius 3 is 2.73 bits per heavy atom. The predicted molar refractivity (Wildman–Crippen MR) is 47.5 cm³/mol. The first-order valence-corrected chi connectivity index (χ1v) is 4.77. The van der Waals surface area contributed by atoms with E-state index in [4.69, 9.17) is 5.26 Å². The third-order valence-corrected chi connectivity index (χ3v) is 2.85. The fraction of sp³-hybridized carbons (Fsp3) is 0.250. The van der Waals surface area contributed by atoms with Crippen LogP contribution in [0.4, 0.5) is 13.2 Å². The minimum atomic E-state index is -4.58. The Kier molecular flexibility index (Phi) is 1.98. The third kappa shape index (κ3) is 1.37. The molecule has 2 aromatic heterocycles. The molecule has 0 saturated heterocycles. The van der Waals surface area contributed by atoms with E-state index in [1.807, 2.05) is 0 Å². The second kappa shape index (κ2) is 2.97. The summed E-state index contributed by atoms with van der Waals surface area (Å²) in [6.45, 7) is 1.63. The average Bonchev–Trinajstić information content (AvgIpc) is 2.65. The first-order chi connectivity index (χ1) is 6.95. The van der Waals surface area contributed by atoms with Gasteiger partial charge in [0.25, 0.3) is 0 Å². The number of nitriles is 1. The molecule has 0 unspecified atom stereocenters. The highest BCUT2D eigenvalue weighted by Crippen LogP contribution is 2.33. The topological polar surface area (TPSA) is 41.1 Å². The molecular weight excluding hydrogens is 227 g/mol. The first-order valence-electron chi connectivity index (χ1n) is 3.89. The zero-order valence-corrected chi connectivity index (χ0v) is 8.28. The summed E-state index contributed by atoms with van der Waals surface area (Å²) in [5.74, 6) is 0. The van der Waals surface area contributed by atoms with E-state index >= 15 is 0 Å². The summed E-state index contributed by atoms with van der Waals surface area (Å²) in [5, 5.41) is 10.4. The van der Waals surface area contributed by atoms with Crippen LogP contribution in [-0.2, 0) is 6.18 Å². The molecule has 0 saturated carbocycles. The summed E-state index contributed by atoms with van der Waals surface area (Å²) < 4.78 is 38.6. The van der Waals surface area contributed by atoms with Crippen LogP contribution in [0.25, 0.3) is 4.96 Å². The standard InChI is InChI=1S/C8H4F3N3S/c1-4-3-15-7-13-6(8(9,10)11)5(2-12)14(4)7/h3H,1H3. The molecule has 0 aromatic carbocycles. The molecule has 0 spiro atoms. The molecule has 3 nitrogen and oxygen atoms in total. The Hall–Kier alpha value is -1.55. The minimum Gasteiger partial charge on any atom is -0.278 e. The van der Waals surface area contributed by atoms with E-state index in [2.05, 4.69) is 4.98 Å². The lowest BCUT2D eigenvalue weighted by molar-refractivity contribution is -0.141. The summed E-state index contributed by atoms with van der Waals surface area (Å²) in [4.78, 5) is 3.60. The zero-order chi connectivity index (χ0) is 11.2. The zero-order valence-electron chi connectivity index (χ0n) is 7.46. The molecule has 15 heavy (non-hydrogen) atoms. The van der Waals surface area contributed by atoms with Gasteiger partial charge in [-0.1, -0.05) is 0 Å². The van der Waals surface area contributed by atoms with E-state index in [0.29, 0.717) is 5.69 Å². The number of halogens is 3. The molecular formula is C8H4F3N3S. The molecule has 0 N–H and O–H groups in total. The van der Waals surface area contributed by atoms with Gasteiger partial charge in [-0.25, -0.2) is 4.98 Å². The molecule has 2 rings (SSSR count). The average molecular weight is 231 g/mol. The number of hydrogen-bond donors (Lipinski definition) is 0. The number of nitrogens with zero attached hydrogens (tertiary/aromatic N) is 3. The van der Waals surface area contributed by atoms with Crippen LogP contribution < -0.4 is 0 Å². The highest BCUT2D eigenvalue weighted by molar-refractivity contribution is 7.15. The third-order valence-electron chi connectivity index (χ3n) is 1.91. The molecule has 0 aliphatic carbocycles. The van der Waals surface area contributed by atoms with Crippen LogP contribution in [0.3, 0.4) is 0 Å². The first kappa shape index (κ1) is 9.98. The molecule has 78 valence electrons. The normalized spacial score (nSPS) is 11.9. The van der Waals surface area contributed by atoms with Crippen molar-refractivity contribution < 1.29 is 13.2 Å². The molecule has 0 radical (unpaired) electrons. The van der Waals surface area contributed by atoms with Gasteiger partial charge in [-0.05, 0) is 6.92 Å². The quantitative estimate of drug-likeness (QED) is 0.699. The molecule has 7 heteroatoms. The van der Waals surface area contributed by atoms with E-state index in [-0.39, 0.29) is 4.96 Å². The van der Waals surface area contributed by atoms with E-state index in [9.17, 15) is 13.2 Å². The van der Waals surface area contributed by atoms with Gasteiger partial charge >= 0.3 is 6.18 Å². The van der Waals surface area contributed by atoms with Crippen molar-refractivity contribution in [2.24, 2.45) is 0 Å². The van der Waals surface area contributed by atoms with Crippen LogP contribution in [-0.4, -0.2) is 9.38 Å². The Bertz CT molecular complexity index is 558. The number of fused-ring (bicyclic) bond motifs is 1.